The molecule has 0 radical (unpaired) electrons. The summed E-state index contributed by atoms with van der Waals surface area (Å²) in [6.07, 6.45) is 7.02. The third-order valence-corrected chi connectivity index (χ3v) is 4.18. The Kier molecular flexibility index (Phi) is 3.52. The van der Waals surface area contributed by atoms with Gasteiger partial charge in [-0.15, -0.1) is 11.3 Å². The van der Waals surface area contributed by atoms with Gasteiger partial charge in [-0.2, -0.15) is 0 Å². The fourth-order valence-electron chi connectivity index (χ4n) is 2.36. The number of ketones is 1. The van der Waals surface area contributed by atoms with E-state index in [1.54, 1.807) is 11.3 Å². The summed E-state index contributed by atoms with van der Waals surface area (Å²) in [7, 11) is 0. The van der Waals surface area contributed by atoms with Crippen molar-refractivity contribution in [1.29, 1.82) is 0 Å². The van der Waals surface area contributed by atoms with E-state index in [9.17, 15) is 4.79 Å². The van der Waals surface area contributed by atoms with Gasteiger partial charge in [-0.25, -0.2) is 0 Å². The zero-order chi connectivity index (χ0) is 10.7. The van der Waals surface area contributed by atoms with E-state index in [1.165, 1.54) is 11.3 Å². The number of carbonyl (C=O) groups excluding carboxylic acids is 1. The van der Waals surface area contributed by atoms with E-state index in [0.717, 1.165) is 31.6 Å². The molecular weight excluding hydrogens is 206 g/mol. The van der Waals surface area contributed by atoms with Crippen molar-refractivity contribution in [3.63, 3.8) is 0 Å². The van der Waals surface area contributed by atoms with Crippen molar-refractivity contribution in [3.05, 3.63) is 16.6 Å². The largest absolute Gasteiger partial charge is 0.299 e. The normalized spacial score (nSPS) is 26.9. The van der Waals surface area contributed by atoms with E-state index < -0.39 is 0 Å². The number of nitrogens with zero attached hydrogens (tertiary/aromatic N) is 1. The quantitative estimate of drug-likeness (QED) is 0.788. The summed E-state index contributed by atoms with van der Waals surface area (Å²) < 4.78 is 0. The van der Waals surface area contributed by atoms with Crippen molar-refractivity contribution in [3.8, 4) is 0 Å². The zero-order valence-corrected chi connectivity index (χ0v) is 9.93. The molecule has 0 aliphatic heterocycles. The zero-order valence-electron chi connectivity index (χ0n) is 9.11. The fraction of sp³-hybridized carbons (Fsp3) is 0.667. The predicted octanol–water partition coefficient (Wildman–Crippen LogP) is 3.08. The van der Waals surface area contributed by atoms with E-state index in [4.69, 9.17) is 0 Å². The number of hydrogen-bond donors (Lipinski definition) is 0. The smallest absolute Gasteiger partial charge is 0.136 e. The highest BCUT2D eigenvalue weighted by molar-refractivity contribution is 7.09. The molecule has 0 amide bonds. The highest BCUT2D eigenvalue weighted by Gasteiger charge is 2.27. The molecule has 1 aliphatic rings. The Labute approximate surface area is 94.7 Å². The van der Waals surface area contributed by atoms with Crippen LogP contribution >= 0.6 is 11.3 Å². The molecule has 1 saturated carbocycles. The van der Waals surface area contributed by atoms with Crippen LogP contribution < -0.4 is 0 Å². The number of aromatic nitrogens is 1. The van der Waals surface area contributed by atoms with Crippen LogP contribution in [0.15, 0.2) is 11.7 Å². The summed E-state index contributed by atoms with van der Waals surface area (Å²) >= 11 is 1.66. The van der Waals surface area contributed by atoms with Crippen molar-refractivity contribution >= 4 is 17.1 Å². The topological polar surface area (TPSA) is 30.0 Å². The van der Waals surface area contributed by atoms with Gasteiger partial charge in [-0.1, -0.05) is 13.3 Å². The molecule has 0 bridgehead atoms. The van der Waals surface area contributed by atoms with Gasteiger partial charge in [-0.05, 0) is 25.2 Å². The van der Waals surface area contributed by atoms with E-state index >= 15 is 0 Å². The molecule has 2 nitrogen and oxygen atoms in total. The van der Waals surface area contributed by atoms with Crippen LogP contribution in [-0.2, 0) is 11.2 Å². The summed E-state index contributed by atoms with van der Waals surface area (Å²) in [5.74, 6) is 1.50. The first-order chi connectivity index (χ1) is 7.29. The maximum absolute atomic E-state index is 11.8. The van der Waals surface area contributed by atoms with Crippen LogP contribution in [0.4, 0.5) is 0 Å². The molecule has 82 valence electrons. The number of thiazole rings is 1. The second kappa shape index (κ2) is 4.88. The van der Waals surface area contributed by atoms with Gasteiger partial charge in [0.1, 0.15) is 5.78 Å². The minimum absolute atomic E-state index is 0.268. The van der Waals surface area contributed by atoms with Crippen LogP contribution in [0, 0.1) is 11.8 Å². The Bertz CT molecular complexity index is 320. The molecular formula is C12H17NOS. The van der Waals surface area contributed by atoms with Crippen LogP contribution in [0.25, 0.3) is 0 Å². The molecule has 0 spiro atoms. The lowest BCUT2D eigenvalue weighted by atomic mass is 9.78. The summed E-state index contributed by atoms with van der Waals surface area (Å²) in [6, 6.07) is 0. The van der Waals surface area contributed by atoms with Gasteiger partial charge < -0.3 is 0 Å². The first-order valence-corrected chi connectivity index (χ1v) is 6.57. The summed E-state index contributed by atoms with van der Waals surface area (Å²) in [5, 5.41) is 0. The maximum atomic E-state index is 11.8. The lowest BCUT2D eigenvalue weighted by Gasteiger charge is -2.26. The Balaban J connectivity index is 1.97. The molecule has 1 aliphatic carbocycles. The summed E-state index contributed by atoms with van der Waals surface area (Å²) in [5.41, 5.74) is 1.85. The molecule has 2 rings (SSSR count). The van der Waals surface area contributed by atoms with Gasteiger partial charge in [0, 0.05) is 23.4 Å². The summed E-state index contributed by atoms with van der Waals surface area (Å²) in [6.45, 7) is 2.23. The van der Waals surface area contributed by atoms with Gasteiger partial charge in [0.05, 0.1) is 5.51 Å². The lowest BCUT2D eigenvalue weighted by Crippen LogP contribution is -2.26. The Morgan fingerprint density at radius 2 is 2.47 bits per heavy atom. The Morgan fingerprint density at radius 1 is 1.60 bits per heavy atom. The molecule has 0 aromatic carbocycles. The average molecular weight is 223 g/mol. The van der Waals surface area contributed by atoms with Crippen molar-refractivity contribution in [2.45, 2.75) is 39.0 Å². The molecule has 1 aromatic heterocycles. The van der Waals surface area contributed by atoms with Gasteiger partial charge in [0.15, 0.2) is 0 Å². The van der Waals surface area contributed by atoms with Gasteiger partial charge in [0.25, 0.3) is 0 Å². The highest BCUT2D eigenvalue weighted by Crippen LogP contribution is 2.31. The summed E-state index contributed by atoms with van der Waals surface area (Å²) in [4.78, 5) is 17.1. The van der Waals surface area contributed by atoms with E-state index in [-0.39, 0.29) is 5.92 Å². The number of rotatable bonds is 3. The fourth-order valence-corrected chi connectivity index (χ4v) is 3.03. The van der Waals surface area contributed by atoms with Crippen molar-refractivity contribution in [1.82, 2.24) is 4.98 Å². The molecule has 2 atom stereocenters. The molecule has 15 heavy (non-hydrogen) atoms. The van der Waals surface area contributed by atoms with E-state index in [1.807, 2.05) is 11.7 Å². The van der Waals surface area contributed by atoms with E-state index in [2.05, 4.69) is 11.9 Å². The van der Waals surface area contributed by atoms with Crippen molar-refractivity contribution < 1.29 is 4.79 Å². The highest BCUT2D eigenvalue weighted by atomic mass is 32.1. The molecule has 0 saturated heterocycles. The Hall–Kier alpha value is -0.700. The second-order valence-corrected chi connectivity index (χ2v) is 5.35. The monoisotopic (exact) mass is 223 g/mol. The van der Waals surface area contributed by atoms with Gasteiger partial charge in [-0.3, -0.25) is 9.78 Å². The van der Waals surface area contributed by atoms with Crippen LogP contribution in [0.1, 0.15) is 37.5 Å². The van der Waals surface area contributed by atoms with Crippen LogP contribution in [-0.4, -0.2) is 10.8 Å². The molecule has 1 aromatic rings. The van der Waals surface area contributed by atoms with Crippen molar-refractivity contribution in [2.75, 3.05) is 0 Å². The Morgan fingerprint density at radius 3 is 3.13 bits per heavy atom. The van der Waals surface area contributed by atoms with Crippen LogP contribution in [0.2, 0.25) is 0 Å². The number of carbonyl (C=O) groups is 1. The molecule has 1 heterocycles. The lowest BCUT2D eigenvalue weighted by molar-refractivity contribution is -0.125. The number of Topliss-reactive ketones (excluding diaryl/α,β-unsaturated/α-hetero) is 1. The first kappa shape index (κ1) is 10.8. The van der Waals surface area contributed by atoms with Crippen LogP contribution in [0.3, 0.4) is 0 Å². The van der Waals surface area contributed by atoms with Crippen LogP contribution in [0.5, 0.6) is 0 Å². The average Bonchev–Trinajstić information content (AvgIpc) is 2.74. The van der Waals surface area contributed by atoms with Gasteiger partial charge >= 0.3 is 0 Å². The second-order valence-electron chi connectivity index (χ2n) is 4.38. The predicted molar refractivity (Wildman–Crippen MR) is 61.9 cm³/mol. The van der Waals surface area contributed by atoms with E-state index in [0.29, 0.717) is 5.78 Å². The number of hydrogen-bond acceptors (Lipinski definition) is 3. The third-order valence-electron chi connectivity index (χ3n) is 3.38. The minimum Gasteiger partial charge on any atom is -0.299 e. The SMILES string of the molecule is CCC1CCC(=O)C(Cc2cncs2)C1. The first-order valence-electron chi connectivity index (χ1n) is 5.69. The molecule has 3 heteroatoms. The van der Waals surface area contributed by atoms with Crippen molar-refractivity contribution in [2.24, 2.45) is 11.8 Å². The minimum atomic E-state index is 0.268. The maximum Gasteiger partial charge on any atom is 0.136 e. The standard InChI is InChI=1S/C12H17NOS/c1-2-9-3-4-12(14)10(5-9)6-11-7-13-8-15-11/h7-10H,2-6H2,1H3. The molecule has 0 N–H and O–H groups in total. The molecule has 1 fully saturated rings. The van der Waals surface area contributed by atoms with Gasteiger partial charge in [0.2, 0.25) is 0 Å². The third kappa shape index (κ3) is 2.65. The molecule has 2 unspecified atom stereocenters.